The van der Waals surface area contributed by atoms with Crippen molar-refractivity contribution in [3.63, 3.8) is 0 Å². The van der Waals surface area contributed by atoms with Crippen molar-refractivity contribution in [3.05, 3.63) is 58.1 Å². The summed E-state index contributed by atoms with van der Waals surface area (Å²) < 4.78 is 28.2. The molecule has 0 bridgehead atoms. The lowest BCUT2D eigenvalue weighted by Gasteiger charge is -2.31. The molecule has 0 aliphatic carbocycles. The molecule has 144 valence electrons. The van der Waals surface area contributed by atoms with E-state index in [4.69, 9.17) is 0 Å². The standard InChI is InChI=1S/C20H23BrN2O3S/c1-14-5-8-18(9-6-14)27(25,26)23-11-3-4-16(13-23)20(24)22-19-10-7-17(21)12-15(19)2/h5-10,12,16H,3-4,11,13H2,1-2H3,(H,22,24)/t16-/m1/s1. The molecular formula is C20H23BrN2O3S. The first kappa shape index (κ1) is 20.0. The van der Waals surface area contributed by atoms with Crippen LogP contribution in [0, 0.1) is 19.8 Å². The predicted octanol–water partition coefficient (Wildman–Crippen LogP) is 4.11. The number of nitrogens with one attached hydrogen (secondary N) is 1. The number of rotatable bonds is 4. The summed E-state index contributed by atoms with van der Waals surface area (Å²) in [6.45, 7) is 4.49. The number of benzene rings is 2. The largest absolute Gasteiger partial charge is 0.326 e. The van der Waals surface area contributed by atoms with Gasteiger partial charge in [-0.2, -0.15) is 4.31 Å². The van der Waals surface area contributed by atoms with Crippen molar-refractivity contribution in [2.24, 2.45) is 5.92 Å². The number of amides is 1. The lowest BCUT2D eigenvalue weighted by Crippen LogP contribution is -2.43. The van der Waals surface area contributed by atoms with Crippen LogP contribution in [0.3, 0.4) is 0 Å². The predicted molar refractivity (Wildman–Crippen MR) is 110 cm³/mol. The van der Waals surface area contributed by atoms with Gasteiger partial charge < -0.3 is 5.32 Å². The monoisotopic (exact) mass is 450 g/mol. The first-order chi connectivity index (χ1) is 12.8. The molecule has 1 atom stereocenters. The van der Waals surface area contributed by atoms with Gasteiger partial charge in [-0.3, -0.25) is 4.79 Å². The van der Waals surface area contributed by atoms with E-state index in [0.717, 1.165) is 21.3 Å². The minimum Gasteiger partial charge on any atom is -0.326 e. The van der Waals surface area contributed by atoms with Crippen molar-refractivity contribution < 1.29 is 13.2 Å². The van der Waals surface area contributed by atoms with Crippen LogP contribution >= 0.6 is 15.9 Å². The maximum atomic E-state index is 12.9. The Kier molecular flexibility index (Phi) is 6.03. The Labute approximate surface area is 169 Å². The zero-order chi connectivity index (χ0) is 19.6. The van der Waals surface area contributed by atoms with Gasteiger partial charge in [0, 0.05) is 23.2 Å². The first-order valence-corrected chi connectivity index (χ1v) is 11.1. The lowest BCUT2D eigenvalue weighted by atomic mass is 9.98. The molecule has 0 radical (unpaired) electrons. The Balaban J connectivity index is 1.73. The van der Waals surface area contributed by atoms with E-state index in [0.29, 0.717) is 19.4 Å². The molecule has 2 aromatic carbocycles. The Hall–Kier alpha value is -1.70. The SMILES string of the molecule is Cc1ccc(S(=O)(=O)N2CCC[C@@H](C(=O)Nc3ccc(Br)cc3C)C2)cc1. The number of piperidine rings is 1. The van der Waals surface area contributed by atoms with Gasteiger partial charge in [0.1, 0.15) is 0 Å². The molecule has 3 rings (SSSR count). The van der Waals surface area contributed by atoms with Crippen LogP contribution in [0.25, 0.3) is 0 Å². The van der Waals surface area contributed by atoms with Crippen LogP contribution < -0.4 is 5.32 Å². The van der Waals surface area contributed by atoms with Crippen molar-refractivity contribution in [1.29, 1.82) is 0 Å². The van der Waals surface area contributed by atoms with Gasteiger partial charge in [-0.1, -0.05) is 33.6 Å². The highest BCUT2D eigenvalue weighted by Gasteiger charge is 2.33. The summed E-state index contributed by atoms with van der Waals surface area (Å²) in [5.41, 5.74) is 2.72. The fourth-order valence-electron chi connectivity index (χ4n) is 3.24. The van der Waals surface area contributed by atoms with Crippen molar-refractivity contribution in [3.8, 4) is 0 Å². The molecule has 1 aliphatic rings. The average Bonchev–Trinajstić information content (AvgIpc) is 2.64. The molecule has 0 saturated carbocycles. The van der Waals surface area contributed by atoms with Crippen LogP contribution in [0.5, 0.6) is 0 Å². The summed E-state index contributed by atoms with van der Waals surface area (Å²) in [4.78, 5) is 13.0. The second kappa shape index (κ2) is 8.12. The molecule has 0 spiro atoms. The summed E-state index contributed by atoms with van der Waals surface area (Å²) >= 11 is 3.41. The number of aryl methyl sites for hydroxylation is 2. The van der Waals surface area contributed by atoms with E-state index in [1.807, 2.05) is 32.0 Å². The Bertz CT molecular complexity index is 942. The molecule has 0 aromatic heterocycles. The average molecular weight is 451 g/mol. The number of hydrogen-bond acceptors (Lipinski definition) is 3. The molecular weight excluding hydrogens is 428 g/mol. The second-order valence-electron chi connectivity index (χ2n) is 6.96. The highest BCUT2D eigenvalue weighted by atomic mass is 79.9. The van der Waals surface area contributed by atoms with E-state index in [1.54, 1.807) is 24.3 Å². The third-order valence-corrected chi connectivity index (χ3v) is 7.23. The van der Waals surface area contributed by atoms with Gasteiger partial charge in [-0.15, -0.1) is 0 Å². The lowest BCUT2D eigenvalue weighted by molar-refractivity contribution is -0.120. The number of halogens is 1. The number of carbonyl (C=O) groups excluding carboxylic acids is 1. The van der Waals surface area contributed by atoms with Gasteiger partial charge in [0.25, 0.3) is 0 Å². The third kappa shape index (κ3) is 4.59. The molecule has 1 aliphatic heterocycles. The maximum Gasteiger partial charge on any atom is 0.243 e. The fourth-order valence-corrected chi connectivity index (χ4v) is 5.24. The number of nitrogens with zero attached hydrogens (tertiary/aromatic N) is 1. The summed E-state index contributed by atoms with van der Waals surface area (Å²) in [5, 5.41) is 2.95. The van der Waals surface area contributed by atoms with Crippen molar-refractivity contribution in [1.82, 2.24) is 4.31 Å². The van der Waals surface area contributed by atoms with Gasteiger partial charge >= 0.3 is 0 Å². The highest BCUT2D eigenvalue weighted by molar-refractivity contribution is 9.10. The van der Waals surface area contributed by atoms with Crippen LogP contribution in [-0.2, 0) is 14.8 Å². The molecule has 27 heavy (non-hydrogen) atoms. The Morgan fingerprint density at radius 1 is 1.15 bits per heavy atom. The van der Waals surface area contributed by atoms with Crippen LogP contribution in [0.1, 0.15) is 24.0 Å². The molecule has 0 unspecified atom stereocenters. The van der Waals surface area contributed by atoms with E-state index in [9.17, 15) is 13.2 Å². The van der Waals surface area contributed by atoms with Crippen molar-refractivity contribution in [2.45, 2.75) is 31.6 Å². The van der Waals surface area contributed by atoms with E-state index in [-0.39, 0.29) is 23.3 Å². The molecule has 7 heteroatoms. The molecule has 1 fully saturated rings. The minimum atomic E-state index is -3.58. The molecule has 2 aromatic rings. The molecule has 5 nitrogen and oxygen atoms in total. The molecule has 1 saturated heterocycles. The molecule has 1 amide bonds. The van der Waals surface area contributed by atoms with E-state index >= 15 is 0 Å². The zero-order valence-corrected chi connectivity index (χ0v) is 17.8. The highest BCUT2D eigenvalue weighted by Crippen LogP contribution is 2.26. The molecule has 1 heterocycles. The fraction of sp³-hybridized carbons (Fsp3) is 0.350. The van der Waals surface area contributed by atoms with Crippen LogP contribution in [0.2, 0.25) is 0 Å². The Morgan fingerprint density at radius 2 is 1.85 bits per heavy atom. The number of hydrogen-bond donors (Lipinski definition) is 1. The number of sulfonamides is 1. The summed E-state index contributed by atoms with van der Waals surface area (Å²) in [6.07, 6.45) is 1.35. The van der Waals surface area contributed by atoms with E-state index in [2.05, 4.69) is 21.2 Å². The summed E-state index contributed by atoms with van der Waals surface area (Å²) in [7, 11) is -3.58. The van der Waals surface area contributed by atoms with Gasteiger partial charge in [0.2, 0.25) is 15.9 Å². The van der Waals surface area contributed by atoms with Gasteiger partial charge in [-0.25, -0.2) is 8.42 Å². The van der Waals surface area contributed by atoms with E-state index < -0.39 is 10.0 Å². The summed E-state index contributed by atoms with van der Waals surface area (Å²) in [5.74, 6) is -0.494. The van der Waals surface area contributed by atoms with Gasteiger partial charge in [0.15, 0.2) is 0 Å². The normalized spacial score (nSPS) is 18.3. The van der Waals surface area contributed by atoms with Crippen LogP contribution in [0.4, 0.5) is 5.69 Å². The van der Waals surface area contributed by atoms with Crippen molar-refractivity contribution in [2.75, 3.05) is 18.4 Å². The zero-order valence-electron chi connectivity index (χ0n) is 15.4. The maximum absolute atomic E-state index is 12.9. The third-order valence-electron chi connectivity index (χ3n) is 4.86. The topological polar surface area (TPSA) is 66.5 Å². The van der Waals surface area contributed by atoms with Crippen LogP contribution in [0.15, 0.2) is 51.8 Å². The van der Waals surface area contributed by atoms with Gasteiger partial charge in [-0.05, 0) is 62.6 Å². The second-order valence-corrected chi connectivity index (χ2v) is 9.82. The van der Waals surface area contributed by atoms with E-state index in [1.165, 1.54) is 4.31 Å². The Morgan fingerprint density at radius 3 is 2.52 bits per heavy atom. The number of anilines is 1. The minimum absolute atomic E-state index is 0.135. The van der Waals surface area contributed by atoms with Crippen LogP contribution in [-0.4, -0.2) is 31.7 Å². The van der Waals surface area contributed by atoms with Gasteiger partial charge in [0.05, 0.1) is 10.8 Å². The first-order valence-electron chi connectivity index (χ1n) is 8.91. The quantitative estimate of drug-likeness (QED) is 0.761. The molecule has 1 N–H and O–H groups in total. The smallest absolute Gasteiger partial charge is 0.243 e. The van der Waals surface area contributed by atoms with Crippen molar-refractivity contribution >= 4 is 37.5 Å². The summed E-state index contributed by atoms with van der Waals surface area (Å²) in [6, 6.07) is 12.5. The number of carbonyl (C=O) groups is 1.